The van der Waals surface area contributed by atoms with Crippen LogP contribution < -0.4 is 0 Å². The van der Waals surface area contributed by atoms with E-state index in [1.54, 1.807) is 6.08 Å². The molecule has 0 heterocycles. The Kier molecular flexibility index (Phi) is 2.60. The van der Waals surface area contributed by atoms with Gasteiger partial charge in [-0.2, -0.15) is 0 Å². The van der Waals surface area contributed by atoms with Crippen molar-refractivity contribution in [2.45, 2.75) is 20.8 Å². The molecule has 3 heteroatoms. The Morgan fingerprint density at radius 3 is 2.14 bits per heavy atom. The first-order chi connectivity index (χ1) is 6.36. The highest BCUT2D eigenvalue weighted by molar-refractivity contribution is 6.47. The van der Waals surface area contributed by atoms with Crippen molar-refractivity contribution in [1.82, 2.24) is 0 Å². The van der Waals surface area contributed by atoms with E-state index in [-0.39, 0.29) is 11.2 Å². The van der Waals surface area contributed by atoms with Gasteiger partial charge >= 0.3 is 0 Å². The summed E-state index contributed by atoms with van der Waals surface area (Å²) in [7, 11) is 1.39. The molecule has 0 aromatic rings. The minimum absolute atomic E-state index is 0.127. The third-order valence-electron chi connectivity index (χ3n) is 2.11. The van der Waals surface area contributed by atoms with Gasteiger partial charge in [-0.3, -0.25) is 9.59 Å². The highest BCUT2D eigenvalue weighted by Crippen LogP contribution is 2.29. The lowest BCUT2D eigenvalue weighted by Crippen LogP contribution is -2.23. The summed E-state index contributed by atoms with van der Waals surface area (Å²) in [5.74, 6) is -0.947. The van der Waals surface area contributed by atoms with E-state index in [9.17, 15) is 9.59 Å². The molecule has 0 aromatic heterocycles. The first-order valence-corrected chi connectivity index (χ1v) is 4.43. The highest BCUT2D eigenvalue weighted by atomic mass is 16.5. The summed E-state index contributed by atoms with van der Waals surface area (Å²) in [4.78, 5) is 22.5. The Hall–Kier alpha value is -1.38. The van der Waals surface area contributed by atoms with Gasteiger partial charge in [0.2, 0.25) is 5.78 Å². The molecule has 14 heavy (non-hydrogen) atoms. The predicted molar refractivity (Wildman–Crippen MR) is 52.6 cm³/mol. The normalized spacial score (nSPS) is 17.7. The molecule has 0 saturated carbocycles. The van der Waals surface area contributed by atoms with Crippen LogP contribution in [0.3, 0.4) is 0 Å². The van der Waals surface area contributed by atoms with Gasteiger partial charge in [0, 0.05) is 0 Å². The molecule has 0 fully saturated rings. The molecule has 76 valence electrons. The second-order valence-corrected chi connectivity index (χ2v) is 4.26. The van der Waals surface area contributed by atoms with Crippen molar-refractivity contribution in [2.24, 2.45) is 5.41 Å². The molecule has 0 radical (unpaired) electrons. The average molecular weight is 194 g/mol. The summed E-state index contributed by atoms with van der Waals surface area (Å²) in [5, 5.41) is 0. The van der Waals surface area contributed by atoms with E-state index in [0.717, 1.165) is 5.57 Å². The number of hydrogen-bond acceptors (Lipinski definition) is 3. The van der Waals surface area contributed by atoms with Crippen LogP contribution in [0.2, 0.25) is 0 Å². The van der Waals surface area contributed by atoms with Crippen molar-refractivity contribution >= 4 is 11.6 Å². The van der Waals surface area contributed by atoms with Gasteiger partial charge in [0.1, 0.15) is 0 Å². The summed E-state index contributed by atoms with van der Waals surface area (Å²) in [6, 6.07) is 0. The van der Waals surface area contributed by atoms with E-state index in [4.69, 9.17) is 4.74 Å². The van der Waals surface area contributed by atoms with Gasteiger partial charge in [-0.25, -0.2) is 0 Å². The Morgan fingerprint density at radius 2 is 1.71 bits per heavy atom. The zero-order valence-corrected chi connectivity index (χ0v) is 8.88. The molecular formula is C11H14O3. The number of Topliss-reactive ketones (excluding diaryl/α,β-unsaturated/α-hetero) is 1. The fourth-order valence-corrected chi connectivity index (χ4v) is 1.16. The summed E-state index contributed by atoms with van der Waals surface area (Å²) < 4.78 is 4.85. The van der Waals surface area contributed by atoms with Crippen molar-refractivity contribution in [1.29, 1.82) is 0 Å². The number of rotatable bonds is 1. The first kappa shape index (κ1) is 10.7. The molecule has 0 saturated heterocycles. The van der Waals surface area contributed by atoms with Crippen molar-refractivity contribution < 1.29 is 14.3 Å². The topological polar surface area (TPSA) is 43.4 Å². The standard InChI is InChI=1S/C11H14O3/c1-11(2,3)7-5-8(12)10(13)9(6-7)14-4/h5-6H,1-4H3. The summed E-state index contributed by atoms with van der Waals surface area (Å²) in [6.45, 7) is 5.93. The molecule has 0 amide bonds. The van der Waals surface area contributed by atoms with Crippen molar-refractivity contribution in [3.8, 4) is 0 Å². The monoisotopic (exact) mass is 194 g/mol. The number of allylic oxidation sites excluding steroid dienone is 4. The second kappa shape index (κ2) is 3.40. The number of methoxy groups -OCH3 is 1. The smallest absolute Gasteiger partial charge is 0.267 e. The Bertz CT molecular complexity index is 340. The van der Waals surface area contributed by atoms with Crippen LogP contribution in [0.25, 0.3) is 0 Å². The zero-order valence-electron chi connectivity index (χ0n) is 8.88. The van der Waals surface area contributed by atoms with Gasteiger partial charge in [-0.15, -0.1) is 0 Å². The molecule has 0 N–H and O–H groups in total. The molecule has 1 aliphatic rings. The third-order valence-corrected chi connectivity index (χ3v) is 2.11. The molecule has 1 aliphatic carbocycles. The molecule has 0 atom stereocenters. The summed E-state index contributed by atoms with van der Waals surface area (Å²) >= 11 is 0. The Morgan fingerprint density at radius 1 is 1.14 bits per heavy atom. The number of carbonyl (C=O) groups excluding carboxylic acids is 2. The Balaban J connectivity index is 3.13. The van der Waals surface area contributed by atoms with E-state index in [1.165, 1.54) is 13.2 Å². The first-order valence-electron chi connectivity index (χ1n) is 4.43. The molecule has 0 spiro atoms. The Labute approximate surface area is 83.4 Å². The molecule has 0 aromatic carbocycles. The lowest BCUT2D eigenvalue weighted by atomic mass is 9.83. The average Bonchev–Trinajstić information content (AvgIpc) is 2.07. The van der Waals surface area contributed by atoms with Crippen molar-refractivity contribution in [3.05, 3.63) is 23.5 Å². The lowest BCUT2D eigenvalue weighted by molar-refractivity contribution is -0.133. The maximum Gasteiger partial charge on any atom is 0.267 e. The fourth-order valence-electron chi connectivity index (χ4n) is 1.16. The molecular weight excluding hydrogens is 180 g/mol. The van der Waals surface area contributed by atoms with E-state index in [1.807, 2.05) is 20.8 Å². The van der Waals surface area contributed by atoms with Gasteiger partial charge < -0.3 is 4.74 Å². The van der Waals surface area contributed by atoms with E-state index < -0.39 is 11.6 Å². The van der Waals surface area contributed by atoms with Gasteiger partial charge in [0.25, 0.3) is 5.78 Å². The minimum Gasteiger partial charge on any atom is -0.492 e. The molecule has 0 unspecified atom stereocenters. The van der Waals surface area contributed by atoms with Crippen LogP contribution in [0.15, 0.2) is 23.5 Å². The molecule has 3 nitrogen and oxygen atoms in total. The maximum atomic E-state index is 11.3. The second-order valence-electron chi connectivity index (χ2n) is 4.26. The zero-order chi connectivity index (χ0) is 10.9. The number of ketones is 2. The van der Waals surface area contributed by atoms with E-state index >= 15 is 0 Å². The number of carbonyl (C=O) groups is 2. The SMILES string of the molecule is COC1=CC(C(C)(C)C)=CC(=O)C1=O. The van der Waals surface area contributed by atoms with Crippen LogP contribution in [-0.2, 0) is 14.3 Å². The quantitative estimate of drug-likeness (QED) is 0.471. The molecule has 0 bridgehead atoms. The predicted octanol–water partition coefficient (Wildman–Crippen LogP) is 1.64. The molecule has 1 rings (SSSR count). The van der Waals surface area contributed by atoms with Crippen LogP contribution in [0.1, 0.15) is 20.8 Å². The van der Waals surface area contributed by atoms with Gasteiger partial charge in [0.15, 0.2) is 5.76 Å². The third kappa shape index (κ3) is 1.92. The fraction of sp³-hybridized carbons (Fsp3) is 0.455. The van der Waals surface area contributed by atoms with Crippen molar-refractivity contribution in [2.75, 3.05) is 7.11 Å². The van der Waals surface area contributed by atoms with Crippen LogP contribution in [-0.4, -0.2) is 18.7 Å². The van der Waals surface area contributed by atoms with Gasteiger partial charge in [-0.05, 0) is 23.1 Å². The maximum absolute atomic E-state index is 11.3. The van der Waals surface area contributed by atoms with Crippen LogP contribution in [0, 0.1) is 5.41 Å². The summed E-state index contributed by atoms with van der Waals surface area (Å²) in [6.07, 6.45) is 3.01. The van der Waals surface area contributed by atoms with Crippen molar-refractivity contribution in [3.63, 3.8) is 0 Å². The van der Waals surface area contributed by atoms with Gasteiger partial charge in [-0.1, -0.05) is 20.8 Å². The molecule has 0 aliphatic heterocycles. The lowest BCUT2D eigenvalue weighted by Gasteiger charge is -2.22. The largest absolute Gasteiger partial charge is 0.492 e. The van der Waals surface area contributed by atoms with E-state index in [0.29, 0.717) is 0 Å². The van der Waals surface area contributed by atoms with Gasteiger partial charge in [0.05, 0.1) is 7.11 Å². The number of hydrogen-bond donors (Lipinski definition) is 0. The van der Waals surface area contributed by atoms with Crippen LogP contribution >= 0.6 is 0 Å². The minimum atomic E-state index is -0.569. The summed E-state index contributed by atoms with van der Waals surface area (Å²) in [5.41, 5.74) is 0.666. The van der Waals surface area contributed by atoms with Crippen LogP contribution in [0.4, 0.5) is 0 Å². The van der Waals surface area contributed by atoms with E-state index in [2.05, 4.69) is 0 Å². The highest BCUT2D eigenvalue weighted by Gasteiger charge is 2.27. The van der Waals surface area contributed by atoms with Crippen LogP contribution in [0.5, 0.6) is 0 Å². The number of ether oxygens (including phenoxy) is 1.